The molecule has 1 unspecified atom stereocenters. The molecule has 3 aromatic rings. The Kier molecular flexibility index (Phi) is 3.72. The molecule has 24 heavy (non-hydrogen) atoms. The van der Waals surface area contributed by atoms with Crippen LogP contribution in [0.3, 0.4) is 0 Å². The maximum absolute atomic E-state index is 14.4. The molecule has 0 aromatic carbocycles. The molecule has 0 amide bonds. The Morgan fingerprint density at radius 2 is 2.21 bits per heavy atom. The summed E-state index contributed by atoms with van der Waals surface area (Å²) in [5.74, 6) is 0.868. The monoisotopic (exact) mass is 327 g/mol. The number of rotatable bonds is 4. The largest absolute Gasteiger partial charge is 0.364 e. The Morgan fingerprint density at radius 1 is 1.29 bits per heavy atom. The minimum Gasteiger partial charge on any atom is -0.364 e. The molecule has 1 N–H and O–H groups in total. The van der Waals surface area contributed by atoms with E-state index < -0.39 is 0 Å². The number of aryl methyl sites for hydroxylation is 1. The molecule has 0 spiro atoms. The summed E-state index contributed by atoms with van der Waals surface area (Å²) in [5.41, 5.74) is 1.27. The second kappa shape index (κ2) is 6.03. The lowest BCUT2D eigenvalue weighted by Crippen LogP contribution is -2.28. The van der Waals surface area contributed by atoms with Crippen molar-refractivity contribution in [2.75, 3.05) is 23.3 Å². The van der Waals surface area contributed by atoms with Crippen LogP contribution in [0.15, 0.2) is 30.9 Å². The van der Waals surface area contributed by atoms with Gasteiger partial charge in [0.05, 0.1) is 5.69 Å². The summed E-state index contributed by atoms with van der Waals surface area (Å²) in [6.45, 7) is 3.32. The first-order chi connectivity index (χ1) is 11.7. The van der Waals surface area contributed by atoms with Gasteiger partial charge in [0.15, 0.2) is 17.3 Å². The number of nitrogens with zero attached hydrogens (tertiary/aromatic N) is 6. The molecule has 1 saturated heterocycles. The summed E-state index contributed by atoms with van der Waals surface area (Å²) >= 11 is 0. The number of hydrogen-bond donors (Lipinski definition) is 1. The Labute approximate surface area is 138 Å². The number of fused-ring (bicyclic) bond motifs is 1. The van der Waals surface area contributed by atoms with E-state index in [-0.39, 0.29) is 11.9 Å². The quantitative estimate of drug-likeness (QED) is 0.789. The number of nitrogens with one attached hydrogen (secondary N) is 1. The minimum atomic E-state index is -0.307. The predicted octanol–water partition coefficient (Wildman–Crippen LogP) is 1.91. The maximum Gasteiger partial charge on any atom is 0.187 e. The highest BCUT2D eigenvalue weighted by molar-refractivity contribution is 5.47. The number of hydrogen-bond acceptors (Lipinski definition) is 6. The highest BCUT2D eigenvalue weighted by Crippen LogP contribution is 2.24. The van der Waals surface area contributed by atoms with Crippen molar-refractivity contribution in [3.05, 3.63) is 42.4 Å². The number of aromatic nitrogens is 5. The molecule has 1 atom stereocenters. The van der Waals surface area contributed by atoms with Gasteiger partial charge in [0.1, 0.15) is 12.1 Å². The number of anilines is 2. The van der Waals surface area contributed by atoms with Crippen LogP contribution in [0.5, 0.6) is 0 Å². The lowest BCUT2D eigenvalue weighted by molar-refractivity contribution is 0.588. The zero-order valence-electron chi connectivity index (χ0n) is 13.4. The summed E-state index contributed by atoms with van der Waals surface area (Å²) in [7, 11) is 0. The van der Waals surface area contributed by atoms with E-state index in [1.807, 2.05) is 30.2 Å². The van der Waals surface area contributed by atoms with Crippen molar-refractivity contribution in [3.63, 3.8) is 0 Å². The molecule has 4 rings (SSSR count). The van der Waals surface area contributed by atoms with Gasteiger partial charge in [-0.15, -0.1) is 5.10 Å². The van der Waals surface area contributed by atoms with Crippen LogP contribution in [-0.2, 0) is 6.42 Å². The highest BCUT2D eigenvalue weighted by Gasteiger charge is 2.26. The second-order valence-electron chi connectivity index (χ2n) is 5.84. The first-order valence-corrected chi connectivity index (χ1v) is 8.06. The number of halogens is 1. The molecule has 1 aliphatic rings. The van der Waals surface area contributed by atoms with Gasteiger partial charge in [-0.2, -0.15) is 0 Å². The third-order valence-electron chi connectivity index (χ3n) is 4.27. The summed E-state index contributed by atoms with van der Waals surface area (Å²) in [5, 5.41) is 7.87. The van der Waals surface area contributed by atoms with Crippen molar-refractivity contribution in [2.45, 2.75) is 25.8 Å². The Morgan fingerprint density at radius 3 is 3.08 bits per heavy atom. The van der Waals surface area contributed by atoms with E-state index in [9.17, 15) is 4.39 Å². The maximum atomic E-state index is 14.4. The van der Waals surface area contributed by atoms with E-state index in [0.29, 0.717) is 24.5 Å². The van der Waals surface area contributed by atoms with Gasteiger partial charge in [-0.3, -0.25) is 0 Å². The molecule has 124 valence electrons. The van der Waals surface area contributed by atoms with E-state index >= 15 is 0 Å². The van der Waals surface area contributed by atoms with Crippen molar-refractivity contribution in [3.8, 4) is 0 Å². The Balaban J connectivity index is 1.48. The van der Waals surface area contributed by atoms with Gasteiger partial charge in [0, 0.05) is 31.5 Å². The SMILES string of the molecule is CCc1ncnc(N2CCC(Nc3ccc4nccn4n3)C2)c1F. The molecule has 3 aromatic heterocycles. The molecular formula is C16H18FN7. The van der Waals surface area contributed by atoms with Gasteiger partial charge in [-0.25, -0.2) is 23.9 Å². The van der Waals surface area contributed by atoms with Crippen LogP contribution >= 0.6 is 0 Å². The average molecular weight is 327 g/mol. The van der Waals surface area contributed by atoms with Gasteiger partial charge in [0.25, 0.3) is 0 Å². The zero-order valence-corrected chi connectivity index (χ0v) is 13.4. The van der Waals surface area contributed by atoms with Gasteiger partial charge < -0.3 is 10.2 Å². The van der Waals surface area contributed by atoms with Gasteiger partial charge in [-0.05, 0) is 25.0 Å². The number of imidazole rings is 1. The second-order valence-corrected chi connectivity index (χ2v) is 5.84. The lowest BCUT2D eigenvalue weighted by Gasteiger charge is -2.19. The van der Waals surface area contributed by atoms with E-state index in [0.717, 1.165) is 24.4 Å². The average Bonchev–Trinajstić information content (AvgIpc) is 3.24. The van der Waals surface area contributed by atoms with Crippen molar-refractivity contribution in [1.82, 2.24) is 24.6 Å². The molecule has 0 aliphatic carbocycles. The molecule has 4 heterocycles. The topological polar surface area (TPSA) is 71.2 Å². The van der Waals surface area contributed by atoms with E-state index in [2.05, 4.69) is 25.4 Å². The third-order valence-corrected chi connectivity index (χ3v) is 4.27. The van der Waals surface area contributed by atoms with Gasteiger partial charge in [0.2, 0.25) is 0 Å². The summed E-state index contributed by atoms with van der Waals surface area (Å²) < 4.78 is 16.1. The molecule has 1 aliphatic heterocycles. The smallest absolute Gasteiger partial charge is 0.187 e. The van der Waals surface area contributed by atoms with E-state index in [4.69, 9.17) is 0 Å². The molecule has 0 bridgehead atoms. The molecule has 0 radical (unpaired) electrons. The fraction of sp³-hybridized carbons (Fsp3) is 0.375. The van der Waals surface area contributed by atoms with Crippen LogP contribution < -0.4 is 10.2 Å². The van der Waals surface area contributed by atoms with Crippen molar-refractivity contribution in [1.29, 1.82) is 0 Å². The lowest BCUT2D eigenvalue weighted by atomic mass is 10.2. The fourth-order valence-corrected chi connectivity index (χ4v) is 3.03. The molecular weight excluding hydrogens is 309 g/mol. The molecule has 8 heteroatoms. The first-order valence-electron chi connectivity index (χ1n) is 8.06. The van der Waals surface area contributed by atoms with Gasteiger partial charge in [-0.1, -0.05) is 6.92 Å². The Hall–Kier alpha value is -2.77. The molecule has 0 saturated carbocycles. The third kappa shape index (κ3) is 2.64. The summed E-state index contributed by atoms with van der Waals surface area (Å²) in [6.07, 6.45) is 6.42. The Bertz CT molecular complexity index is 863. The fourth-order valence-electron chi connectivity index (χ4n) is 3.03. The van der Waals surface area contributed by atoms with Crippen LogP contribution in [0, 0.1) is 5.82 Å². The van der Waals surface area contributed by atoms with Crippen LogP contribution in [0.25, 0.3) is 5.65 Å². The summed E-state index contributed by atoms with van der Waals surface area (Å²) in [4.78, 5) is 14.3. The van der Waals surface area contributed by atoms with Crippen LogP contribution in [-0.4, -0.2) is 43.7 Å². The van der Waals surface area contributed by atoms with Gasteiger partial charge >= 0.3 is 0 Å². The first kappa shape index (κ1) is 14.8. The highest BCUT2D eigenvalue weighted by atomic mass is 19.1. The normalized spacial score (nSPS) is 17.6. The standard InChI is InChI=1S/C16H18FN7/c1-2-12-15(17)16(20-10-19-12)23-7-5-11(9-23)21-13-3-4-14-18-6-8-24(14)22-13/h3-4,6,8,10-11H,2,5,7,9H2,1H3,(H,21,22). The summed E-state index contributed by atoms with van der Waals surface area (Å²) in [6, 6.07) is 4.02. The van der Waals surface area contributed by atoms with Crippen molar-refractivity contribution < 1.29 is 4.39 Å². The van der Waals surface area contributed by atoms with Crippen molar-refractivity contribution in [2.24, 2.45) is 0 Å². The van der Waals surface area contributed by atoms with Crippen LogP contribution in [0.4, 0.5) is 16.0 Å². The zero-order chi connectivity index (χ0) is 16.5. The van der Waals surface area contributed by atoms with Crippen LogP contribution in [0.1, 0.15) is 19.0 Å². The predicted molar refractivity (Wildman–Crippen MR) is 88.6 cm³/mol. The molecule has 1 fully saturated rings. The molecule has 7 nitrogen and oxygen atoms in total. The van der Waals surface area contributed by atoms with E-state index in [1.165, 1.54) is 6.33 Å². The van der Waals surface area contributed by atoms with Crippen LogP contribution in [0.2, 0.25) is 0 Å². The van der Waals surface area contributed by atoms with Crippen molar-refractivity contribution >= 4 is 17.3 Å². The van der Waals surface area contributed by atoms with E-state index in [1.54, 1.807) is 10.7 Å². The minimum absolute atomic E-state index is 0.193.